The van der Waals surface area contributed by atoms with E-state index in [1.807, 2.05) is 37.3 Å². The zero-order valence-corrected chi connectivity index (χ0v) is 21.3. The van der Waals surface area contributed by atoms with Crippen LogP contribution in [0.15, 0.2) is 54.6 Å². The van der Waals surface area contributed by atoms with Crippen molar-refractivity contribution in [2.75, 3.05) is 26.1 Å². The van der Waals surface area contributed by atoms with Gasteiger partial charge < -0.3 is 30.1 Å². The van der Waals surface area contributed by atoms with Crippen LogP contribution in [0.3, 0.4) is 0 Å². The van der Waals surface area contributed by atoms with Crippen LogP contribution in [0.1, 0.15) is 25.3 Å². The molecule has 3 aliphatic rings. The van der Waals surface area contributed by atoms with Gasteiger partial charge in [-0.1, -0.05) is 30.3 Å². The van der Waals surface area contributed by atoms with Crippen molar-refractivity contribution in [1.29, 1.82) is 0 Å². The van der Waals surface area contributed by atoms with Crippen molar-refractivity contribution < 1.29 is 29.0 Å². The highest BCUT2D eigenvalue weighted by Gasteiger charge is 2.78. The summed E-state index contributed by atoms with van der Waals surface area (Å²) >= 11 is 0. The third-order valence-electron chi connectivity index (χ3n) is 8.27. The van der Waals surface area contributed by atoms with Crippen molar-refractivity contribution >= 4 is 23.4 Å². The second-order valence-electron chi connectivity index (χ2n) is 10.3. The molecule has 2 aromatic carbocycles. The number of amides is 3. The van der Waals surface area contributed by atoms with Gasteiger partial charge in [0.1, 0.15) is 17.4 Å². The maximum atomic E-state index is 14.1. The average molecular weight is 508 g/mol. The SMILES string of the molecule is CNC(=O)[C@@H]1[C@H]2C(=O)N([C@@H](CO)Cc3ccccc3)C(C(=O)Nc3ccc(OC)cc3)C23CC[C@@]1(C)O3. The van der Waals surface area contributed by atoms with Gasteiger partial charge in [0.2, 0.25) is 17.7 Å². The van der Waals surface area contributed by atoms with Gasteiger partial charge in [-0.3, -0.25) is 14.4 Å². The summed E-state index contributed by atoms with van der Waals surface area (Å²) in [6.07, 6.45) is 1.38. The van der Waals surface area contributed by atoms with E-state index in [0.717, 1.165) is 5.56 Å². The fraction of sp³-hybridized carbons (Fsp3) is 0.464. The Bertz CT molecular complexity index is 1190. The second kappa shape index (κ2) is 9.46. The number of rotatable bonds is 8. The minimum absolute atomic E-state index is 0.276. The predicted octanol–water partition coefficient (Wildman–Crippen LogP) is 1.75. The zero-order chi connectivity index (χ0) is 26.4. The lowest BCUT2D eigenvalue weighted by Crippen LogP contribution is -2.57. The maximum Gasteiger partial charge on any atom is 0.250 e. The molecule has 3 amide bonds. The molecule has 1 spiro atoms. The average Bonchev–Trinajstić information content (AvgIpc) is 3.48. The number of fused-ring (bicyclic) bond motifs is 1. The van der Waals surface area contributed by atoms with E-state index < -0.39 is 41.0 Å². The van der Waals surface area contributed by atoms with Gasteiger partial charge in [0.05, 0.1) is 37.2 Å². The van der Waals surface area contributed by atoms with Crippen LogP contribution in [-0.2, 0) is 25.5 Å². The number of carbonyl (C=O) groups is 3. The number of hydrogen-bond acceptors (Lipinski definition) is 6. The minimum atomic E-state index is -1.16. The van der Waals surface area contributed by atoms with Crippen LogP contribution >= 0.6 is 0 Å². The highest BCUT2D eigenvalue weighted by molar-refractivity contribution is 6.04. The number of likely N-dealkylation sites (tertiary alicyclic amines) is 1. The van der Waals surface area contributed by atoms with E-state index in [9.17, 15) is 19.5 Å². The highest BCUT2D eigenvalue weighted by Crippen LogP contribution is 2.63. The maximum absolute atomic E-state index is 14.1. The number of aliphatic hydroxyl groups is 1. The normalized spacial score (nSPS) is 30.6. The molecule has 196 valence electrons. The molecule has 3 heterocycles. The summed E-state index contributed by atoms with van der Waals surface area (Å²) in [6.45, 7) is 1.52. The first kappa shape index (κ1) is 25.2. The Hall–Kier alpha value is -3.43. The molecule has 5 rings (SSSR count). The molecule has 3 saturated heterocycles. The summed E-state index contributed by atoms with van der Waals surface area (Å²) in [4.78, 5) is 42.6. The first-order valence-corrected chi connectivity index (χ1v) is 12.6. The molecule has 3 N–H and O–H groups in total. The summed E-state index contributed by atoms with van der Waals surface area (Å²) in [5.74, 6) is -1.91. The molecule has 0 radical (unpaired) electrons. The van der Waals surface area contributed by atoms with Crippen molar-refractivity contribution in [1.82, 2.24) is 10.2 Å². The van der Waals surface area contributed by atoms with E-state index >= 15 is 0 Å². The third kappa shape index (κ3) is 3.97. The van der Waals surface area contributed by atoms with E-state index in [4.69, 9.17) is 9.47 Å². The zero-order valence-electron chi connectivity index (χ0n) is 21.3. The topological polar surface area (TPSA) is 117 Å². The fourth-order valence-electron chi connectivity index (χ4n) is 6.64. The third-order valence-corrected chi connectivity index (χ3v) is 8.27. The first-order chi connectivity index (χ1) is 17.8. The number of hydrogen-bond donors (Lipinski definition) is 3. The smallest absolute Gasteiger partial charge is 0.250 e. The van der Waals surface area contributed by atoms with Crippen LogP contribution in [0.4, 0.5) is 5.69 Å². The standard InChI is InChI=1S/C28H33N3O6/c1-27-13-14-28(37-27)22(21(27)24(33)29-2)26(35)31(19(16-32)15-17-7-5-4-6-8-17)23(28)25(34)30-18-9-11-20(36-3)12-10-18/h4-12,19,21-23,32H,13-16H2,1-3H3,(H,29,33)(H,30,34)/t19-,21+,22+,23?,27-,28?/m1/s1. The number of nitrogens with one attached hydrogen (secondary N) is 2. The summed E-state index contributed by atoms with van der Waals surface area (Å²) in [5, 5.41) is 16.1. The molecular weight excluding hydrogens is 474 g/mol. The number of benzene rings is 2. The monoisotopic (exact) mass is 507 g/mol. The lowest BCUT2D eigenvalue weighted by Gasteiger charge is -2.37. The minimum Gasteiger partial charge on any atom is -0.497 e. The van der Waals surface area contributed by atoms with Gasteiger partial charge in [-0.25, -0.2) is 0 Å². The molecule has 2 aromatic rings. The van der Waals surface area contributed by atoms with Crippen LogP contribution < -0.4 is 15.4 Å². The molecule has 0 aromatic heterocycles. The number of aliphatic hydroxyl groups excluding tert-OH is 1. The molecule has 2 unspecified atom stereocenters. The van der Waals surface area contributed by atoms with Crippen LogP contribution in [0, 0.1) is 11.8 Å². The highest BCUT2D eigenvalue weighted by atomic mass is 16.5. The molecule has 6 atom stereocenters. The van der Waals surface area contributed by atoms with Gasteiger partial charge in [-0.15, -0.1) is 0 Å². The van der Waals surface area contributed by atoms with E-state index in [1.54, 1.807) is 38.4 Å². The second-order valence-corrected chi connectivity index (χ2v) is 10.3. The van der Waals surface area contributed by atoms with Crippen LogP contribution in [0.5, 0.6) is 5.75 Å². The summed E-state index contributed by atoms with van der Waals surface area (Å²) in [5.41, 5.74) is -0.537. The van der Waals surface area contributed by atoms with E-state index in [2.05, 4.69) is 10.6 Å². The number of carbonyl (C=O) groups excluding carboxylic acids is 3. The Kier molecular flexibility index (Phi) is 6.45. The van der Waals surface area contributed by atoms with Crippen molar-refractivity contribution in [3.63, 3.8) is 0 Å². The van der Waals surface area contributed by atoms with Crippen LogP contribution in [0.2, 0.25) is 0 Å². The van der Waals surface area contributed by atoms with Gasteiger partial charge in [0.15, 0.2) is 0 Å². The Balaban J connectivity index is 1.55. The number of methoxy groups -OCH3 is 1. The molecule has 3 aliphatic heterocycles. The molecule has 37 heavy (non-hydrogen) atoms. The number of nitrogens with zero attached hydrogens (tertiary/aromatic N) is 1. The summed E-state index contributed by atoms with van der Waals surface area (Å²) in [7, 11) is 3.11. The van der Waals surface area contributed by atoms with E-state index in [0.29, 0.717) is 30.7 Å². The number of anilines is 1. The van der Waals surface area contributed by atoms with E-state index in [1.165, 1.54) is 4.90 Å². The van der Waals surface area contributed by atoms with Gasteiger partial charge in [0, 0.05) is 12.7 Å². The van der Waals surface area contributed by atoms with Gasteiger partial charge in [-0.2, -0.15) is 0 Å². The van der Waals surface area contributed by atoms with Crippen molar-refractivity contribution in [3.8, 4) is 5.75 Å². The van der Waals surface area contributed by atoms with Gasteiger partial charge >= 0.3 is 0 Å². The van der Waals surface area contributed by atoms with Crippen molar-refractivity contribution in [2.45, 2.75) is 49.5 Å². The molecule has 9 nitrogen and oxygen atoms in total. The van der Waals surface area contributed by atoms with Gasteiger partial charge in [0.25, 0.3) is 0 Å². The predicted molar refractivity (Wildman–Crippen MR) is 136 cm³/mol. The lowest BCUT2D eigenvalue weighted by atomic mass is 9.66. The van der Waals surface area contributed by atoms with Crippen LogP contribution in [0.25, 0.3) is 0 Å². The first-order valence-electron chi connectivity index (χ1n) is 12.6. The fourth-order valence-corrected chi connectivity index (χ4v) is 6.64. The molecule has 0 saturated carbocycles. The molecular formula is C28H33N3O6. The van der Waals surface area contributed by atoms with Crippen molar-refractivity contribution in [3.05, 3.63) is 60.2 Å². The molecule has 9 heteroatoms. The lowest BCUT2D eigenvalue weighted by molar-refractivity contribution is -0.147. The summed E-state index contributed by atoms with van der Waals surface area (Å²) < 4.78 is 11.8. The van der Waals surface area contributed by atoms with Gasteiger partial charge in [-0.05, 0) is 56.0 Å². The quantitative estimate of drug-likeness (QED) is 0.501. The summed E-state index contributed by atoms with van der Waals surface area (Å²) in [6, 6.07) is 14.8. The Morgan fingerprint density at radius 2 is 1.84 bits per heavy atom. The Labute approximate surface area is 216 Å². The molecule has 0 aliphatic carbocycles. The van der Waals surface area contributed by atoms with E-state index in [-0.39, 0.29) is 18.4 Å². The molecule has 3 fully saturated rings. The Morgan fingerprint density at radius 3 is 2.46 bits per heavy atom. The molecule has 2 bridgehead atoms. The Morgan fingerprint density at radius 1 is 1.14 bits per heavy atom. The van der Waals surface area contributed by atoms with Crippen LogP contribution in [-0.4, -0.2) is 71.8 Å². The van der Waals surface area contributed by atoms with Crippen molar-refractivity contribution in [2.24, 2.45) is 11.8 Å². The number of ether oxygens (including phenoxy) is 2. The largest absolute Gasteiger partial charge is 0.497 e.